The van der Waals surface area contributed by atoms with Crippen molar-refractivity contribution in [2.75, 3.05) is 0 Å². The molecule has 98 valence electrons. The summed E-state index contributed by atoms with van der Waals surface area (Å²) in [4.78, 5) is 8.71. The maximum atomic E-state index is 6.07. The van der Waals surface area contributed by atoms with Crippen molar-refractivity contribution in [1.29, 1.82) is 0 Å². The lowest BCUT2D eigenvalue weighted by Crippen LogP contribution is -2.41. The van der Waals surface area contributed by atoms with E-state index in [-0.39, 0.29) is 11.2 Å². The Morgan fingerprint density at radius 1 is 0.947 bits per heavy atom. The van der Waals surface area contributed by atoms with E-state index in [9.17, 15) is 0 Å². The molecule has 4 nitrogen and oxygen atoms in total. The maximum Gasteiger partial charge on any atom is 0.497 e. The fourth-order valence-corrected chi connectivity index (χ4v) is 2.16. The van der Waals surface area contributed by atoms with Crippen LogP contribution in [0.4, 0.5) is 0 Å². The van der Waals surface area contributed by atoms with Gasteiger partial charge >= 0.3 is 7.12 Å². The van der Waals surface area contributed by atoms with Crippen molar-refractivity contribution in [3.8, 4) is 0 Å². The summed E-state index contributed by atoms with van der Waals surface area (Å²) in [6.07, 6.45) is 3.53. The minimum atomic E-state index is -0.398. The molecule has 19 heavy (non-hydrogen) atoms. The summed E-state index contributed by atoms with van der Waals surface area (Å²) < 4.78 is 12.1. The summed E-state index contributed by atoms with van der Waals surface area (Å²) in [7, 11) is -0.398. The molecule has 0 N–H and O–H groups in total. The van der Waals surface area contributed by atoms with Crippen molar-refractivity contribution >= 4 is 23.6 Å². The minimum absolute atomic E-state index is 0.345. The zero-order valence-corrected chi connectivity index (χ0v) is 11.7. The number of nitrogens with zero attached hydrogens (tertiary/aromatic N) is 2. The average Bonchev–Trinajstić information content (AvgIpc) is 2.58. The van der Waals surface area contributed by atoms with E-state index >= 15 is 0 Å². The van der Waals surface area contributed by atoms with Gasteiger partial charge in [0.2, 0.25) is 0 Å². The molecule has 1 aliphatic rings. The SMILES string of the molecule is CC1(C)OB(c2ccnc3cccnc23)OC1(C)C. The number of rotatable bonds is 1. The van der Waals surface area contributed by atoms with Gasteiger partial charge in [0.15, 0.2) is 0 Å². The summed E-state index contributed by atoms with van der Waals surface area (Å²) in [6.45, 7) is 8.18. The summed E-state index contributed by atoms with van der Waals surface area (Å²) in [6, 6.07) is 5.73. The molecule has 3 rings (SSSR count). The Balaban J connectivity index is 2.08. The molecule has 0 amide bonds. The largest absolute Gasteiger partial charge is 0.497 e. The third kappa shape index (κ3) is 1.93. The van der Waals surface area contributed by atoms with Gasteiger partial charge in [-0.05, 0) is 45.9 Å². The molecule has 2 aromatic rings. The fraction of sp³-hybridized carbons (Fsp3) is 0.429. The van der Waals surface area contributed by atoms with E-state index in [0.717, 1.165) is 16.5 Å². The van der Waals surface area contributed by atoms with Gasteiger partial charge in [0, 0.05) is 17.9 Å². The lowest BCUT2D eigenvalue weighted by atomic mass is 9.78. The zero-order valence-electron chi connectivity index (χ0n) is 11.7. The van der Waals surface area contributed by atoms with Crippen LogP contribution in [0.3, 0.4) is 0 Å². The van der Waals surface area contributed by atoms with Crippen molar-refractivity contribution in [2.45, 2.75) is 38.9 Å². The quantitative estimate of drug-likeness (QED) is 0.731. The first-order valence-electron chi connectivity index (χ1n) is 6.46. The van der Waals surface area contributed by atoms with E-state index in [2.05, 4.69) is 9.97 Å². The van der Waals surface area contributed by atoms with Gasteiger partial charge < -0.3 is 9.31 Å². The van der Waals surface area contributed by atoms with Gasteiger partial charge in [-0.25, -0.2) is 0 Å². The molecule has 1 fully saturated rings. The van der Waals surface area contributed by atoms with E-state index in [1.807, 2.05) is 45.9 Å². The fourth-order valence-electron chi connectivity index (χ4n) is 2.16. The Labute approximate surface area is 113 Å². The summed E-state index contributed by atoms with van der Waals surface area (Å²) in [5.74, 6) is 0. The predicted molar refractivity (Wildman–Crippen MR) is 75.3 cm³/mol. The molecule has 1 saturated heterocycles. The van der Waals surface area contributed by atoms with Crippen molar-refractivity contribution < 1.29 is 9.31 Å². The highest BCUT2D eigenvalue weighted by Crippen LogP contribution is 2.36. The van der Waals surface area contributed by atoms with Crippen LogP contribution in [-0.2, 0) is 9.31 Å². The van der Waals surface area contributed by atoms with Crippen LogP contribution in [0.1, 0.15) is 27.7 Å². The van der Waals surface area contributed by atoms with E-state index in [4.69, 9.17) is 9.31 Å². The second-order valence-electron chi connectivity index (χ2n) is 5.86. The Kier molecular flexibility index (Phi) is 2.66. The minimum Gasteiger partial charge on any atom is -0.399 e. The second kappa shape index (κ2) is 4.02. The first-order chi connectivity index (χ1) is 8.91. The Morgan fingerprint density at radius 2 is 1.63 bits per heavy atom. The summed E-state index contributed by atoms with van der Waals surface area (Å²) in [5, 5.41) is 0. The van der Waals surface area contributed by atoms with Gasteiger partial charge in [0.25, 0.3) is 0 Å². The smallest absolute Gasteiger partial charge is 0.399 e. The number of hydrogen-bond donors (Lipinski definition) is 0. The molecule has 0 saturated carbocycles. The third-order valence-electron chi connectivity index (χ3n) is 4.03. The molecule has 0 bridgehead atoms. The first-order valence-corrected chi connectivity index (χ1v) is 6.46. The Morgan fingerprint density at radius 3 is 2.32 bits per heavy atom. The van der Waals surface area contributed by atoms with E-state index in [0.29, 0.717) is 0 Å². The normalized spacial score (nSPS) is 20.9. The van der Waals surface area contributed by atoms with Crippen LogP contribution in [0.5, 0.6) is 0 Å². The topological polar surface area (TPSA) is 44.2 Å². The number of hydrogen-bond acceptors (Lipinski definition) is 4. The number of aromatic nitrogens is 2. The molecule has 0 aromatic carbocycles. The van der Waals surface area contributed by atoms with Crippen LogP contribution in [0.2, 0.25) is 0 Å². The monoisotopic (exact) mass is 256 g/mol. The molecule has 0 spiro atoms. The third-order valence-corrected chi connectivity index (χ3v) is 4.03. The van der Waals surface area contributed by atoms with Crippen molar-refractivity contribution in [1.82, 2.24) is 9.97 Å². The van der Waals surface area contributed by atoms with Gasteiger partial charge in [-0.15, -0.1) is 0 Å². The molecule has 3 heterocycles. The highest BCUT2D eigenvalue weighted by molar-refractivity contribution is 6.64. The lowest BCUT2D eigenvalue weighted by Gasteiger charge is -2.32. The highest BCUT2D eigenvalue weighted by Gasteiger charge is 2.52. The molecule has 0 atom stereocenters. The lowest BCUT2D eigenvalue weighted by molar-refractivity contribution is 0.00578. The van der Waals surface area contributed by atoms with Gasteiger partial charge in [0.1, 0.15) is 0 Å². The second-order valence-corrected chi connectivity index (χ2v) is 5.86. The molecular formula is C14H17BN2O2. The summed E-state index contributed by atoms with van der Waals surface area (Å²) >= 11 is 0. The van der Waals surface area contributed by atoms with Crippen LogP contribution in [0.15, 0.2) is 30.6 Å². The first kappa shape index (κ1) is 12.6. The van der Waals surface area contributed by atoms with Gasteiger partial charge in [0.05, 0.1) is 22.2 Å². The Bertz CT molecular complexity index is 606. The number of fused-ring (bicyclic) bond motifs is 1. The van der Waals surface area contributed by atoms with E-state index in [1.165, 1.54) is 0 Å². The average molecular weight is 256 g/mol. The van der Waals surface area contributed by atoms with Crippen molar-refractivity contribution in [3.05, 3.63) is 30.6 Å². The number of pyridine rings is 2. The molecule has 0 aliphatic carbocycles. The molecule has 1 aliphatic heterocycles. The zero-order chi connectivity index (χ0) is 13.7. The molecular weight excluding hydrogens is 239 g/mol. The molecule has 2 aromatic heterocycles. The molecule has 5 heteroatoms. The van der Waals surface area contributed by atoms with Crippen LogP contribution < -0.4 is 5.46 Å². The standard InChI is InChI=1S/C14H17BN2O2/c1-13(2)14(3,4)19-15(18-13)10-7-9-16-11-6-5-8-17-12(10)11/h5-9H,1-4H3. The van der Waals surface area contributed by atoms with Crippen molar-refractivity contribution in [3.63, 3.8) is 0 Å². The van der Waals surface area contributed by atoms with Gasteiger partial charge in [-0.1, -0.05) is 0 Å². The highest BCUT2D eigenvalue weighted by atomic mass is 16.7. The van der Waals surface area contributed by atoms with E-state index < -0.39 is 7.12 Å². The van der Waals surface area contributed by atoms with Crippen LogP contribution in [0, 0.1) is 0 Å². The van der Waals surface area contributed by atoms with Crippen LogP contribution in [-0.4, -0.2) is 28.3 Å². The van der Waals surface area contributed by atoms with Gasteiger partial charge in [-0.2, -0.15) is 0 Å². The van der Waals surface area contributed by atoms with Crippen LogP contribution >= 0.6 is 0 Å². The van der Waals surface area contributed by atoms with E-state index in [1.54, 1.807) is 12.4 Å². The summed E-state index contributed by atoms with van der Waals surface area (Å²) in [5.41, 5.74) is 1.94. The molecule has 0 radical (unpaired) electrons. The van der Waals surface area contributed by atoms with Crippen LogP contribution in [0.25, 0.3) is 11.0 Å². The Hall–Kier alpha value is -1.46. The maximum absolute atomic E-state index is 6.07. The molecule has 0 unspecified atom stereocenters. The predicted octanol–water partition coefficient (Wildman–Crippen LogP) is 1.93. The van der Waals surface area contributed by atoms with Gasteiger partial charge in [-0.3, -0.25) is 9.97 Å². The van der Waals surface area contributed by atoms with Crippen molar-refractivity contribution in [2.24, 2.45) is 0 Å².